The Morgan fingerprint density at radius 2 is 2.33 bits per heavy atom. The maximum absolute atomic E-state index is 10.9. The van der Waals surface area contributed by atoms with Gasteiger partial charge < -0.3 is 10.1 Å². The molecule has 2 N–H and O–H groups in total. The molecule has 0 bridgehead atoms. The average Bonchev–Trinajstić information content (AvgIpc) is 2.69. The second kappa shape index (κ2) is 4.00. The smallest absolute Gasteiger partial charge is 0.325 e. The molecule has 78 valence electrons. The van der Waals surface area contributed by atoms with Gasteiger partial charge in [-0.1, -0.05) is 12.1 Å². The molecule has 5 nitrogen and oxygen atoms in total. The standard InChI is InChI=1S/C10H11N3O2/c1-15-9(14)6-11-10-7-4-2-3-5-8(7)12-13-10/h2-5H,6H2,1H3,(H2,11,12,13). The third kappa shape index (κ3) is 1.90. The molecule has 0 saturated carbocycles. The summed E-state index contributed by atoms with van der Waals surface area (Å²) in [6.45, 7) is 0.116. The van der Waals surface area contributed by atoms with Crippen LogP contribution in [0.15, 0.2) is 24.3 Å². The first-order chi connectivity index (χ1) is 7.31. The molecule has 0 saturated heterocycles. The maximum atomic E-state index is 10.9. The highest BCUT2D eigenvalue weighted by atomic mass is 16.5. The first-order valence-corrected chi connectivity index (χ1v) is 4.55. The number of para-hydroxylation sites is 1. The van der Waals surface area contributed by atoms with E-state index in [0.29, 0.717) is 5.82 Å². The Morgan fingerprint density at radius 1 is 1.53 bits per heavy atom. The molecule has 15 heavy (non-hydrogen) atoms. The summed E-state index contributed by atoms with van der Waals surface area (Å²) < 4.78 is 4.52. The quantitative estimate of drug-likeness (QED) is 0.737. The third-order valence-electron chi connectivity index (χ3n) is 2.10. The predicted octanol–water partition coefficient (Wildman–Crippen LogP) is 1.15. The molecule has 1 aromatic heterocycles. The van der Waals surface area contributed by atoms with Gasteiger partial charge in [0.1, 0.15) is 6.54 Å². The van der Waals surface area contributed by atoms with Crippen LogP contribution in [0.4, 0.5) is 5.82 Å². The number of methoxy groups -OCH3 is 1. The SMILES string of the molecule is COC(=O)CNc1n[nH]c2ccccc12. The number of hydrogen-bond donors (Lipinski definition) is 2. The molecule has 2 rings (SSSR count). The summed E-state index contributed by atoms with van der Waals surface area (Å²) >= 11 is 0. The Morgan fingerprint density at radius 3 is 3.13 bits per heavy atom. The van der Waals surface area contributed by atoms with E-state index in [2.05, 4.69) is 20.3 Å². The van der Waals surface area contributed by atoms with Gasteiger partial charge in [0.15, 0.2) is 5.82 Å². The van der Waals surface area contributed by atoms with Crippen molar-refractivity contribution in [3.63, 3.8) is 0 Å². The van der Waals surface area contributed by atoms with E-state index in [1.54, 1.807) is 0 Å². The van der Waals surface area contributed by atoms with Crippen LogP contribution in [0.1, 0.15) is 0 Å². The van der Waals surface area contributed by atoms with Crippen LogP contribution in [0, 0.1) is 0 Å². The summed E-state index contributed by atoms with van der Waals surface area (Å²) in [5.74, 6) is 0.345. The number of ether oxygens (including phenoxy) is 1. The molecule has 5 heteroatoms. The number of nitrogens with zero attached hydrogens (tertiary/aromatic N) is 1. The number of anilines is 1. The lowest BCUT2D eigenvalue weighted by Gasteiger charge is -2.00. The van der Waals surface area contributed by atoms with E-state index in [1.165, 1.54) is 7.11 Å². The van der Waals surface area contributed by atoms with Crippen LogP contribution >= 0.6 is 0 Å². The van der Waals surface area contributed by atoms with Crippen molar-refractivity contribution in [1.82, 2.24) is 10.2 Å². The molecule has 0 aliphatic rings. The summed E-state index contributed by atoms with van der Waals surface area (Å²) in [7, 11) is 1.35. The van der Waals surface area contributed by atoms with Crippen LogP contribution in [-0.2, 0) is 9.53 Å². The third-order valence-corrected chi connectivity index (χ3v) is 2.10. The summed E-state index contributed by atoms with van der Waals surface area (Å²) in [6.07, 6.45) is 0. The van der Waals surface area contributed by atoms with Gasteiger partial charge in [-0.3, -0.25) is 9.89 Å². The minimum atomic E-state index is -0.318. The maximum Gasteiger partial charge on any atom is 0.325 e. The molecule has 1 heterocycles. The van der Waals surface area contributed by atoms with E-state index in [0.717, 1.165) is 10.9 Å². The number of carbonyl (C=O) groups excluding carboxylic acids is 1. The van der Waals surface area contributed by atoms with E-state index >= 15 is 0 Å². The first-order valence-electron chi connectivity index (χ1n) is 4.55. The second-order valence-corrected chi connectivity index (χ2v) is 3.05. The van der Waals surface area contributed by atoms with Gasteiger partial charge in [0.25, 0.3) is 0 Å². The fourth-order valence-electron chi connectivity index (χ4n) is 1.33. The molecule has 2 aromatic rings. The molecule has 0 amide bonds. The molecule has 0 radical (unpaired) electrons. The zero-order chi connectivity index (χ0) is 10.7. The molecule has 1 aromatic carbocycles. The van der Waals surface area contributed by atoms with Crippen molar-refractivity contribution >= 4 is 22.7 Å². The Hall–Kier alpha value is -2.04. The Bertz CT molecular complexity index is 478. The van der Waals surface area contributed by atoms with E-state index in [4.69, 9.17) is 0 Å². The van der Waals surface area contributed by atoms with Gasteiger partial charge in [-0.15, -0.1) is 0 Å². The van der Waals surface area contributed by atoms with Crippen LogP contribution in [0.3, 0.4) is 0 Å². The van der Waals surface area contributed by atoms with E-state index in [9.17, 15) is 4.79 Å². The number of fused-ring (bicyclic) bond motifs is 1. The lowest BCUT2D eigenvalue weighted by atomic mass is 10.2. The van der Waals surface area contributed by atoms with Gasteiger partial charge in [0, 0.05) is 5.39 Å². The molecule has 0 fully saturated rings. The van der Waals surface area contributed by atoms with Crippen LogP contribution in [0.5, 0.6) is 0 Å². The van der Waals surface area contributed by atoms with Crippen molar-refractivity contribution < 1.29 is 9.53 Å². The second-order valence-electron chi connectivity index (χ2n) is 3.05. The highest BCUT2D eigenvalue weighted by Gasteiger charge is 2.05. The van der Waals surface area contributed by atoms with Crippen LogP contribution in [-0.4, -0.2) is 29.8 Å². The summed E-state index contributed by atoms with van der Waals surface area (Å²) in [5, 5.41) is 10.8. The molecular weight excluding hydrogens is 194 g/mol. The molecular formula is C10H11N3O2. The number of carbonyl (C=O) groups is 1. The molecule has 0 aliphatic heterocycles. The van der Waals surface area contributed by atoms with Gasteiger partial charge in [0.05, 0.1) is 12.6 Å². The van der Waals surface area contributed by atoms with Crippen LogP contribution in [0.25, 0.3) is 10.9 Å². The largest absolute Gasteiger partial charge is 0.468 e. The van der Waals surface area contributed by atoms with Gasteiger partial charge in [-0.25, -0.2) is 0 Å². The van der Waals surface area contributed by atoms with Gasteiger partial charge in [0.2, 0.25) is 0 Å². The number of nitrogens with one attached hydrogen (secondary N) is 2. The van der Waals surface area contributed by atoms with Gasteiger partial charge >= 0.3 is 5.97 Å². The fraction of sp³-hybridized carbons (Fsp3) is 0.200. The van der Waals surface area contributed by atoms with Crippen molar-refractivity contribution in [2.45, 2.75) is 0 Å². The van der Waals surface area contributed by atoms with Crippen LogP contribution in [0.2, 0.25) is 0 Å². The van der Waals surface area contributed by atoms with Crippen molar-refractivity contribution in [2.24, 2.45) is 0 Å². The first kappa shape index (κ1) is 9.51. The normalized spacial score (nSPS) is 10.2. The molecule has 0 spiro atoms. The number of aromatic amines is 1. The molecule has 0 atom stereocenters. The highest BCUT2D eigenvalue weighted by molar-refractivity contribution is 5.90. The zero-order valence-corrected chi connectivity index (χ0v) is 8.28. The number of esters is 1. The number of rotatable bonds is 3. The van der Waals surface area contributed by atoms with Crippen molar-refractivity contribution in [3.05, 3.63) is 24.3 Å². The Labute approximate surface area is 86.4 Å². The topological polar surface area (TPSA) is 67.0 Å². The number of H-pyrrole nitrogens is 1. The van der Waals surface area contributed by atoms with Crippen LogP contribution < -0.4 is 5.32 Å². The predicted molar refractivity (Wildman–Crippen MR) is 56.6 cm³/mol. The van der Waals surface area contributed by atoms with E-state index in [-0.39, 0.29) is 12.5 Å². The minimum absolute atomic E-state index is 0.116. The van der Waals surface area contributed by atoms with E-state index < -0.39 is 0 Å². The summed E-state index contributed by atoms with van der Waals surface area (Å²) in [6, 6.07) is 7.69. The van der Waals surface area contributed by atoms with Crippen molar-refractivity contribution in [1.29, 1.82) is 0 Å². The Kier molecular flexibility index (Phi) is 2.53. The fourth-order valence-corrected chi connectivity index (χ4v) is 1.33. The Balaban J connectivity index is 2.18. The molecule has 0 unspecified atom stereocenters. The minimum Gasteiger partial charge on any atom is -0.468 e. The van der Waals surface area contributed by atoms with Gasteiger partial charge in [-0.05, 0) is 12.1 Å². The van der Waals surface area contributed by atoms with Gasteiger partial charge in [-0.2, -0.15) is 5.10 Å². The average molecular weight is 205 g/mol. The van der Waals surface area contributed by atoms with Crippen molar-refractivity contribution in [2.75, 3.05) is 19.0 Å². The lowest BCUT2D eigenvalue weighted by Crippen LogP contribution is -2.15. The molecule has 0 aliphatic carbocycles. The highest BCUT2D eigenvalue weighted by Crippen LogP contribution is 2.18. The summed E-state index contributed by atoms with van der Waals surface area (Å²) in [4.78, 5) is 10.9. The summed E-state index contributed by atoms with van der Waals surface area (Å²) in [5.41, 5.74) is 0.935. The van der Waals surface area contributed by atoms with Crippen molar-refractivity contribution in [3.8, 4) is 0 Å². The number of aromatic nitrogens is 2. The van der Waals surface area contributed by atoms with E-state index in [1.807, 2.05) is 24.3 Å². The number of benzene rings is 1. The lowest BCUT2D eigenvalue weighted by molar-refractivity contribution is -0.138. The zero-order valence-electron chi connectivity index (χ0n) is 8.28. The number of hydrogen-bond acceptors (Lipinski definition) is 4. The monoisotopic (exact) mass is 205 g/mol.